The van der Waals surface area contributed by atoms with Crippen molar-refractivity contribution >= 4 is 36.7 Å². The predicted molar refractivity (Wildman–Crippen MR) is 115 cm³/mol. The topological polar surface area (TPSA) is 127 Å². The zero-order chi connectivity index (χ0) is 21.8. The molecule has 0 aliphatic rings. The van der Waals surface area contributed by atoms with E-state index in [2.05, 4.69) is 49.5 Å². The number of hydrogen-bond acceptors (Lipinski definition) is 6. The summed E-state index contributed by atoms with van der Waals surface area (Å²) in [6.07, 6.45) is 0.0411. The lowest BCUT2D eigenvalue weighted by Crippen LogP contribution is -2.46. The van der Waals surface area contributed by atoms with Crippen LogP contribution in [-0.4, -0.2) is 48.6 Å². The van der Waals surface area contributed by atoms with Gasteiger partial charge in [0.25, 0.3) is 0 Å². The van der Waals surface area contributed by atoms with Crippen LogP contribution in [0.1, 0.15) is 20.8 Å². The molecule has 0 spiro atoms. The minimum Gasteiger partial charge on any atom is -0.465 e. The lowest BCUT2D eigenvalue weighted by atomic mass is 10.1. The molecule has 0 aliphatic heterocycles. The summed E-state index contributed by atoms with van der Waals surface area (Å²) in [5, 5.41) is 26.6. The van der Waals surface area contributed by atoms with Crippen molar-refractivity contribution in [3.8, 4) is 0 Å². The Hall–Kier alpha value is -2.72. The van der Waals surface area contributed by atoms with Gasteiger partial charge in [0, 0.05) is 11.9 Å². The lowest BCUT2D eigenvalue weighted by molar-refractivity contribution is -0.384. The molecule has 1 aromatic carbocycles. The highest BCUT2D eigenvalue weighted by Gasteiger charge is 2.37. The molecular formula is C19H28N4O5Si. The van der Waals surface area contributed by atoms with Gasteiger partial charge in [0.1, 0.15) is 11.9 Å². The van der Waals surface area contributed by atoms with Crippen molar-refractivity contribution < 1.29 is 19.3 Å². The van der Waals surface area contributed by atoms with Gasteiger partial charge in [0.15, 0.2) is 8.32 Å². The van der Waals surface area contributed by atoms with Gasteiger partial charge < -0.3 is 20.2 Å². The molecule has 1 amide bonds. The maximum atomic E-state index is 11.6. The van der Waals surface area contributed by atoms with Crippen molar-refractivity contribution in [3.63, 3.8) is 0 Å². The van der Waals surface area contributed by atoms with E-state index in [1.54, 1.807) is 24.3 Å². The van der Waals surface area contributed by atoms with Crippen molar-refractivity contribution in [2.24, 2.45) is 0 Å². The molecule has 3 N–H and O–H groups in total. The molecular weight excluding hydrogens is 392 g/mol. The van der Waals surface area contributed by atoms with E-state index in [1.165, 1.54) is 6.20 Å². The van der Waals surface area contributed by atoms with E-state index >= 15 is 0 Å². The van der Waals surface area contributed by atoms with Gasteiger partial charge in [-0.1, -0.05) is 39.0 Å². The molecule has 1 heterocycles. The zero-order valence-corrected chi connectivity index (χ0v) is 18.4. The standard InChI is InChI=1S/C19H28N4O5Si/c1-19(2,3)29(4,5)28-12-13(10-21-18(24)25)22-17-14-8-6-7-9-15(14)20-11-16(17)23(26)27/h6-9,11,13,21H,10,12H2,1-5H3,(H,20,22)(H,24,25). The molecule has 0 saturated carbocycles. The van der Waals surface area contributed by atoms with Crippen LogP contribution in [0.2, 0.25) is 18.1 Å². The third kappa shape index (κ3) is 5.64. The number of para-hydroxylation sites is 1. The van der Waals surface area contributed by atoms with Gasteiger partial charge in [-0.05, 0) is 24.2 Å². The maximum Gasteiger partial charge on any atom is 0.404 e. The van der Waals surface area contributed by atoms with Gasteiger partial charge in [-0.25, -0.2) is 9.78 Å². The molecule has 0 fully saturated rings. The number of anilines is 1. The first kappa shape index (κ1) is 22.6. The Morgan fingerprint density at radius 2 is 2.00 bits per heavy atom. The molecule has 0 aliphatic carbocycles. The number of aromatic nitrogens is 1. The second-order valence-corrected chi connectivity index (χ2v) is 13.2. The van der Waals surface area contributed by atoms with E-state index in [4.69, 9.17) is 9.53 Å². The zero-order valence-electron chi connectivity index (χ0n) is 17.4. The minimum absolute atomic E-state index is 0.0207. The largest absolute Gasteiger partial charge is 0.465 e. The molecule has 9 nitrogen and oxygen atoms in total. The summed E-state index contributed by atoms with van der Waals surface area (Å²) in [5.74, 6) is 0. The maximum absolute atomic E-state index is 11.6. The monoisotopic (exact) mass is 420 g/mol. The van der Waals surface area contributed by atoms with Crippen molar-refractivity contribution in [1.82, 2.24) is 10.3 Å². The number of amides is 1. The highest BCUT2D eigenvalue weighted by molar-refractivity contribution is 6.74. The fraction of sp³-hybridized carbons (Fsp3) is 0.474. The second-order valence-electron chi connectivity index (χ2n) is 8.39. The van der Waals surface area contributed by atoms with E-state index in [-0.39, 0.29) is 23.9 Å². The Balaban J connectivity index is 2.36. The smallest absolute Gasteiger partial charge is 0.404 e. The van der Waals surface area contributed by atoms with Gasteiger partial charge >= 0.3 is 11.8 Å². The molecule has 1 atom stereocenters. The highest BCUT2D eigenvalue weighted by Crippen LogP contribution is 2.37. The molecule has 1 unspecified atom stereocenters. The van der Waals surface area contributed by atoms with Gasteiger partial charge in [-0.2, -0.15) is 0 Å². The molecule has 29 heavy (non-hydrogen) atoms. The van der Waals surface area contributed by atoms with Crippen molar-refractivity contribution in [1.29, 1.82) is 0 Å². The summed E-state index contributed by atoms with van der Waals surface area (Å²) in [6, 6.07) is 6.59. The van der Waals surface area contributed by atoms with Crippen molar-refractivity contribution in [2.45, 2.75) is 44.9 Å². The number of rotatable bonds is 8. The Morgan fingerprint density at radius 1 is 1.34 bits per heavy atom. The number of pyridine rings is 1. The first-order chi connectivity index (χ1) is 13.4. The number of nitro groups is 1. The fourth-order valence-corrected chi connectivity index (χ4v) is 3.56. The van der Waals surface area contributed by atoms with Crippen LogP contribution in [0.5, 0.6) is 0 Å². The molecule has 0 radical (unpaired) electrons. The summed E-state index contributed by atoms with van der Waals surface area (Å²) in [4.78, 5) is 26.2. The SMILES string of the molecule is CC(C)(C)[Si](C)(C)OCC(CNC(=O)O)Nc1c([N+](=O)[O-])cnc2ccccc12. The minimum atomic E-state index is -2.09. The molecule has 2 rings (SSSR count). The van der Waals surface area contributed by atoms with Gasteiger partial charge in [0.05, 0.1) is 23.1 Å². The van der Waals surface area contributed by atoms with Crippen LogP contribution in [0.15, 0.2) is 30.5 Å². The average molecular weight is 421 g/mol. The molecule has 10 heteroatoms. The Kier molecular flexibility index (Phi) is 6.80. The molecule has 0 bridgehead atoms. The number of nitrogens with zero attached hydrogens (tertiary/aromatic N) is 2. The van der Waals surface area contributed by atoms with Crippen LogP contribution < -0.4 is 10.6 Å². The Labute approximate surface area is 170 Å². The van der Waals surface area contributed by atoms with E-state index < -0.39 is 25.4 Å². The summed E-state index contributed by atoms with van der Waals surface area (Å²) < 4.78 is 6.23. The number of benzene rings is 1. The van der Waals surface area contributed by atoms with Crippen LogP contribution in [0.3, 0.4) is 0 Å². The van der Waals surface area contributed by atoms with Crippen LogP contribution >= 0.6 is 0 Å². The molecule has 1 aromatic heterocycles. The number of hydrogen-bond donors (Lipinski definition) is 3. The first-order valence-corrected chi connectivity index (χ1v) is 12.2. The van der Waals surface area contributed by atoms with Crippen LogP contribution in [0, 0.1) is 10.1 Å². The number of nitrogens with one attached hydrogen (secondary N) is 2. The van der Waals surface area contributed by atoms with Crippen LogP contribution in [0.25, 0.3) is 10.9 Å². The van der Waals surface area contributed by atoms with Crippen molar-refractivity contribution in [2.75, 3.05) is 18.5 Å². The number of carboxylic acid groups (broad SMARTS) is 1. The van der Waals surface area contributed by atoms with Gasteiger partial charge in [-0.3, -0.25) is 10.1 Å². The summed E-state index contributed by atoms with van der Waals surface area (Å²) in [6.45, 7) is 10.8. The summed E-state index contributed by atoms with van der Waals surface area (Å²) in [7, 11) is -2.09. The highest BCUT2D eigenvalue weighted by atomic mass is 28.4. The van der Waals surface area contributed by atoms with E-state index in [1.807, 2.05) is 0 Å². The normalized spacial score (nSPS) is 13.1. The quantitative estimate of drug-likeness (QED) is 0.331. The fourth-order valence-electron chi connectivity index (χ4n) is 2.51. The van der Waals surface area contributed by atoms with Crippen molar-refractivity contribution in [3.05, 3.63) is 40.6 Å². The third-order valence-electron chi connectivity index (χ3n) is 5.25. The molecule has 2 aromatic rings. The van der Waals surface area contributed by atoms with Gasteiger partial charge in [0.2, 0.25) is 0 Å². The lowest BCUT2D eigenvalue weighted by Gasteiger charge is -2.37. The van der Waals surface area contributed by atoms with E-state index in [0.29, 0.717) is 16.6 Å². The molecule has 0 saturated heterocycles. The second kappa shape index (κ2) is 8.74. The summed E-state index contributed by atoms with van der Waals surface area (Å²) >= 11 is 0. The number of fused-ring (bicyclic) bond motifs is 1. The Bertz CT molecular complexity index is 898. The van der Waals surface area contributed by atoms with E-state index in [9.17, 15) is 14.9 Å². The average Bonchev–Trinajstić information content (AvgIpc) is 2.62. The predicted octanol–water partition coefficient (Wildman–Crippen LogP) is 4.21. The van der Waals surface area contributed by atoms with Gasteiger partial charge in [-0.15, -0.1) is 0 Å². The Morgan fingerprint density at radius 3 is 2.59 bits per heavy atom. The third-order valence-corrected chi connectivity index (χ3v) is 9.75. The molecule has 158 valence electrons. The van der Waals surface area contributed by atoms with Crippen LogP contribution in [0.4, 0.5) is 16.2 Å². The van der Waals surface area contributed by atoms with Crippen LogP contribution in [-0.2, 0) is 4.43 Å². The number of carbonyl (C=O) groups is 1. The summed E-state index contributed by atoms with van der Waals surface area (Å²) in [5.41, 5.74) is 0.740. The first-order valence-electron chi connectivity index (χ1n) is 9.32. The van der Waals surface area contributed by atoms with E-state index in [0.717, 1.165) is 0 Å².